The first-order valence-electron chi connectivity index (χ1n) is 10.2. The van der Waals surface area contributed by atoms with Crippen LogP contribution in [0.2, 0.25) is 0 Å². The van der Waals surface area contributed by atoms with Crippen molar-refractivity contribution in [2.75, 3.05) is 22.1 Å². The summed E-state index contributed by atoms with van der Waals surface area (Å²) < 4.78 is 0. The second-order valence-electron chi connectivity index (χ2n) is 6.98. The maximum atomic E-state index is 5.87. The molecule has 2 aromatic carbocycles. The summed E-state index contributed by atoms with van der Waals surface area (Å²) >= 11 is 0. The molecule has 0 amide bonds. The predicted molar refractivity (Wildman–Crippen MR) is 137 cm³/mol. The summed E-state index contributed by atoms with van der Waals surface area (Å²) in [6.45, 7) is 4.01. The Morgan fingerprint density at radius 3 is 1.81 bits per heavy atom. The molecule has 0 bridgehead atoms. The SMILES string of the molecule is C/C=C\c1[nH]c(/C=C\C)c(/C=C/Nc2cccc(N)c2)c1/C=C/Nc1ccc(N)cc1. The second kappa shape index (κ2) is 10.6. The maximum absolute atomic E-state index is 5.87. The van der Waals surface area contributed by atoms with Gasteiger partial charge in [-0.3, -0.25) is 0 Å². The number of rotatable bonds is 8. The summed E-state index contributed by atoms with van der Waals surface area (Å²) in [4.78, 5) is 3.50. The average molecular weight is 412 g/mol. The Morgan fingerprint density at radius 2 is 1.26 bits per heavy atom. The highest BCUT2D eigenvalue weighted by Crippen LogP contribution is 2.25. The van der Waals surface area contributed by atoms with Crippen molar-refractivity contribution in [2.24, 2.45) is 0 Å². The number of H-pyrrole nitrogens is 1. The highest BCUT2D eigenvalue weighted by Gasteiger charge is 2.10. The topological polar surface area (TPSA) is 91.9 Å². The summed E-state index contributed by atoms with van der Waals surface area (Å²) in [6.07, 6.45) is 16.2. The van der Waals surface area contributed by atoms with Gasteiger partial charge < -0.3 is 27.1 Å². The van der Waals surface area contributed by atoms with Gasteiger partial charge >= 0.3 is 0 Å². The number of benzene rings is 2. The number of aromatic amines is 1. The van der Waals surface area contributed by atoms with Crippen molar-refractivity contribution < 1.29 is 0 Å². The molecule has 7 N–H and O–H groups in total. The van der Waals surface area contributed by atoms with Crippen molar-refractivity contribution in [1.29, 1.82) is 0 Å². The Hall–Kier alpha value is -4.12. The minimum absolute atomic E-state index is 0.724. The fraction of sp³-hybridized carbons (Fsp3) is 0.0769. The third-order valence-electron chi connectivity index (χ3n) is 4.60. The molecule has 0 aliphatic heterocycles. The molecule has 0 radical (unpaired) electrons. The van der Waals surface area contributed by atoms with Crippen molar-refractivity contribution in [2.45, 2.75) is 13.8 Å². The van der Waals surface area contributed by atoms with E-state index in [2.05, 4.69) is 39.9 Å². The molecule has 3 rings (SSSR count). The monoisotopic (exact) mass is 411 g/mol. The van der Waals surface area contributed by atoms with Crippen LogP contribution in [0.3, 0.4) is 0 Å². The molecule has 0 spiro atoms. The summed E-state index contributed by atoms with van der Waals surface area (Å²) in [5.74, 6) is 0. The van der Waals surface area contributed by atoms with E-state index in [0.29, 0.717) is 0 Å². The first kappa shape index (κ1) is 21.6. The number of anilines is 4. The van der Waals surface area contributed by atoms with E-state index >= 15 is 0 Å². The van der Waals surface area contributed by atoms with Crippen LogP contribution in [-0.4, -0.2) is 4.98 Å². The van der Waals surface area contributed by atoms with Crippen LogP contribution in [0.5, 0.6) is 0 Å². The van der Waals surface area contributed by atoms with E-state index in [1.807, 2.05) is 86.9 Å². The van der Waals surface area contributed by atoms with E-state index in [-0.39, 0.29) is 0 Å². The van der Waals surface area contributed by atoms with Crippen LogP contribution in [-0.2, 0) is 0 Å². The molecule has 1 heterocycles. The first-order chi connectivity index (χ1) is 15.1. The number of allylic oxidation sites excluding steroid dienone is 2. The van der Waals surface area contributed by atoms with E-state index in [1.54, 1.807) is 0 Å². The second-order valence-corrected chi connectivity index (χ2v) is 6.98. The van der Waals surface area contributed by atoms with Crippen LogP contribution in [0, 0.1) is 0 Å². The van der Waals surface area contributed by atoms with Crippen LogP contribution in [0.15, 0.2) is 73.1 Å². The minimum atomic E-state index is 0.724. The van der Waals surface area contributed by atoms with Gasteiger partial charge in [-0.15, -0.1) is 0 Å². The maximum Gasteiger partial charge on any atom is 0.0462 e. The van der Waals surface area contributed by atoms with Crippen molar-refractivity contribution >= 4 is 47.1 Å². The summed E-state index contributed by atoms with van der Waals surface area (Å²) in [5.41, 5.74) is 19.2. The third kappa shape index (κ3) is 5.93. The molecule has 158 valence electrons. The van der Waals surface area contributed by atoms with Crippen molar-refractivity contribution in [3.63, 3.8) is 0 Å². The molecule has 0 aliphatic rings. The van der Waals surface area contributed by atoms with Gasteiger partial charge in [-0.2, -0.15) is 0 Å². The molecule has 0 fully saturated rings. The lowest BCUT2D eigenvalue weighted by Crippen LogP contribution is -1.91. The average Bonchev–Trinajstić information content (AvgIpc) is 3.06. The number of aromatic nitrogens is 1. The predicted octanol–water partition coefficient (Wildman–Crippen LogP) is 6.41. The van der Waals surface area contributed by atoms with Gasteiger partial charge in [0.05, 0.1) is 0 Å². The smallest absolute Gasteiger partial charge is 0.0462 e. The van der Waals surface area contributed by atoms with Gasteiger partial charge in [0.2, 0.25) is 0 Å². The molecule has 0 atom stereocenters. The molecule has 5 heteroatoms. The van der Waals surface area contributed by atoms with Gasteiger partial charge in [-0.1, -0.05) is 18.2 Å². The van der Waals surface area contributed by atoms with E-state index < -0.39 is 0 Å². The lowest BCUT2D eigenvalue weighted by molar-refractivity contribution is 1.33. The highest BCUT2D eigenvalue weighted by atomic mass is 14.8. The van der Waals surface area contributed by atoms with Crippen molar-refractivity contribution in [3.05, 3.63) is 95.6 Å². The zero-order valence-corrected chi connectivity index (χ0v) is 17.9. The fourth-order valence-electron chi connectivity index (χ4n) is 3.18. The van der Waals surface area contributed by atoms with Gasteiger partial charge in [-0.25, -0.2) is 0 Å². The van der Waals surface area contributed by atoms with E-state index in [9.17, 15) is 0 Å². The molecule has 0 saturated carbocycles. The summed E-state index contributed by atoms with van der Waals surface area (Å²) in [5, 5.41) is 6.59. The zero-order chi connectivity index (χ0) is 22.1. The van der Waals surface area contributed by atoms with Gasteiger partial charge in [0, 0.05) is 57.7 Å². The zero-order valence-electron chi connectivity index (χ0n) is 17.9. The van der Waals surface area contributed by atoms with E-state index in [4.69, 9.17) is 11.5 Å². The minimum Gasteiger partial charge on any atom is -0.399 e. The van der Waals surface area contributed by atoms with E-state index in [1.165, 1.54) is 0 Å². The molecule has 31 heavy (non-hydrogen) atoms. The van der Waals surface area contributed by atoms with Crippen LogP contribution >= 0.6 is 0 Å². The molecule has 5 nitrogen and oxygen atoms in total. The number of nitrogens with two attached hydrogens (primary N) is 2. The Labute approximate surface area is 183 Å². The van der Waals surface area contributed by atoms with Crippen molar-refractivity contribution in [1.82, 2.24) is 4.98 Å². The van der Waals surface area contributed by atoms with Gasteiger partial charge in [0.15, 0.2) is 0 Å². The molecule has 0 saturated heterocycles. The molecule has 3 aromatic rings. The Balaban J connectivity index is 1.90. The molecular formula is C26H29N5. The van der Waals surface area contributed by atoms with Gasteiger partial charge in [0.25, 0.3) is 0 Å². The molecule has 0 aliphatic carbocycles. The Bertz CT molecular complexity index is 1120. The van der Waals surface area contributed by atoms with Crippen LogP contribution < -0.4 is 22.1 Å². The molecule has 1 aromatic heterocycles. The Kier molecular flexibility index (Phi) is 7.38. The van der Waals surface area contributed by atoms with Crippen LogP contribution in [0.4, 0.5) is 22.7 Å². The summed E-state index contributed by atoms with van der Waals surface area (Å²) in [7, 11) is 0. The van der Waals surface area contributed by atoms with Gasteiger partial charge in [0.1, 0.15) is 0 Å². The van der Waals surface area contributed by atoms with Gasteiger partial charge in [-0.05, 0) is 80.6 Å². The largest absolute Gasteiger partial charge is 0.399 e. The van der Waals surface area contributed by atoms with Crippen LogP contribution in [0.1, 0.15) is 36.4 Å². The normalized spacial score (nSPS) is 11.9. The lowest BCUT2D eigenvalue weighted by Gasteiger charge is -2.03. The quantitative estimate of drug-likeness (QED) is 0.277. The standard InChI is InChI=1S/C26H29N5/c1-3-6-25-23(14-16-29-21-12-10-19(27)11-13-21)24(26(31-25)7-4-2)15-17-30-22-9-5-8-20(28)18-22/h3-18,29-31H,27-28H2,1-2H3/b6-3-,7-4-,16-14+,17-15+. The number of hydrogen-bond acceptors (Lipinski definition) is 4. The molecule has 0 unspecified atom stereocenters. The lowest BCUT2D eigenvalue weighted by atomic mass is 10.1. The van der Waals surface area contributed by atoms with E-state index in [0.717, 1.165) is 45.3 Å². The fourth-order valence-corrected chi connectivity index (χ4v) is 3.18. The van der Waals surface area contributed by atoms with Crippen LogP contribution in [0.25, 0.3) is 24.3 Å². The molecular weight excluding hydrogens is 382 g/mol. The van der Waals surface area contributed by atoms with Crippen molar-refractivity contribution in [3.8, 4) is 0 Å². The summed E-state index contributed by atoms with van der Waals surface area (Å²) in [6, 6.07) is 15.3. The number of nitrogens with one attached hydrogen (secondary N) is 3. The number of hydrogen-bond donors (Lipinski definition) is 5. The highest BCUT2D eigenvalue weighted by molar-refractivity contribution is 5.80. The third-order valence-corrected chi connectivity index (χ3v) is 4.60. The first-order valence-corrected chi connectivity index (χ1v) is 10.2. The number of nitrogen functional groups attached to an aromatic ring is 2. The Morgan fingerprint density at radius 1 is 0.677 bits per heavy atom.